The molecule has 23 heavy (non-hydrogen) atoms. The summed E-state index contributed by atoms with van der Waals surface area (Å²) in [4.78, 5) is 20.6. The lowest BCUT2D eigenvalue weighted by Gasteiger charge is -2.37. The van der Waals surface area contributed by atoms with Crippen LogP contribution in [0.2, 0.25) is 0 Å². The van der Waals surface area contributed by atoms with E-state index in [0.717, 1.165) is 32.1 Å². The van der Waals surface area contributed by atoms with E-state index in [9.17, 15) is 4.79 Å². The average Bonchev–Trinajstić information content (AvgIpc) is 3.01. The number of ether oxygens (including phenoxy) is 1. The Labute approximate surface area is 142 Å². The smallest absolute Gasteiger partial charge is 0.325 e. The third-order valence-corrected chi connectivity index (χ3v) is 4.35. The molecule has 128 valence electrons. The first-order valence-corrected chi connectivity index (χ1v) is 8.73. The number of hydrogen-bond donors (Lipinski definition) is 1. The summed E-state index contributed by atoms with van der Waals surface area (Å²) >= 11 is 1.76. The molecule has 6 nitrogen and oxygen atoms in total. The van der Waals surface area contributed by atoms with Crippen molar-refractivity contribution in [3.05, 3.63) is 17.5 Å². The fourth-order valence-electron chi connectivity index (χ4n) is 2.45. The van der Waals surface area contributed by atoms with Gasteiger partial charge in [0.15, 0.2) is 5.96 Å². The van der Waals surface area contributed by atoms with Crippen molar-refractivity contribution in [2.24, 2.45) is 4.99 Å². The van der Waals surface area contributed by atoms with E-state index in [1.54, 1.807) is 18.4 Å². The van der Waals surface area contributed by atoms with Crippen molar-refractivity contribution in [2.75, 3.05) is 44.7 Å². The molecule has 0 saturated carbocycles. The summed E-state index contributed by atoms with van der Waals surface area (Å²) < 4.78 is 5.30. The molecule has 1 aromatic rings. The maximum absolute atomic E-state index is 11.8. The van der Waals surface area contributed by atoms with Gasteiger partial charge in [0.1, 0.15) is 12.1 Å². The molecule has 1 fully saturated rings. The largest absolute Gasteiger partial charge is 0.459 e. The lowest BCUT2D eigenvalue weighted by atomic mass is 10.2. The molecule has 0 spiro atoms. The Balaban J connectivity index is 1.80. The average molecular weight is 338 g/mol. The van der Waals surface area contributed by atoms with Crippen molar-refractivity contribution in [1.82, 2.24) is 10.2 Å². The zero-order valence-corrected chi connectivity index (χ0v) is 15.2. The second-order valence-electron chi connectivity index (χ2n) is 6.41. The number of nitrogens with zero attached hydrogens (tertiary/aromatic N) is 3. The van der Waals surface area contributed by atoms with Gasteiger partial charge in [-0.05, 0) is 38.3 Å². The zero-order valence-electron chi connectivity index (χ0n) is 14.3. The first kappa shape index (κ1) is 17.6. The molecule has 0 radical (unpaired) electrons. The summed E-state index contributed by atoms with van der Waals surface area (Å²) in [6.45, 7) is 9.39. The van der Waals surface area contributed by atoms with E-state index in [0.29, 0.717) is 0 Å². The Kier molecular flexibility index (Phi) is 5.87. The van der Waals surface area contributed by atoms with Crippen molar-refractivity contribution in [1.29, 1.82) is 0 Å². The summed E-state index contributed by atoms with van der Waals surface area (Å²) in [6.07, 6.45) is 0. The molecule has 0 aliphatic carbocycles. The molecule has 0 aromatic carbocycles. The Hall–Kier alpha value is -1.76. The number of rotatable bonds is 3. The number of carbonyl (C=O) groups is 1. The number of esters is 1. The van der Waals surface area contributed by atoms with E-state index in [-0.39, 0.29) is 12.5 Å². The van der Waals surface area contributed by atoms with Gasteiger partial charge in [0.2, 0.25) is 0 Å². The highest BCUT2D eigenvalue weighted by Gasteiger charge is 2.21. The highest BCUT2D eigenvalue weighted by molar-refractivity contribution is 7.14. The lowest BCUT2D eigenvalue weighted by Crippen LogP contribution is -2.53. The minimum atomic E-state index is -0.464. The molecule has 0 unspecified atom stereocenters. The summed E-state index contributed by atoms with van der Waals surface area (Å²) in [7, 11) is 1.74. The van der Waals surface area contributed by atoms with E-state index >= 15 is 0 Å². The zero-order chi connectivity index (χ0) is 16.9. The van der Waals surface area contributed by atoms with E-state index in [2.05, 4.69) is 37.6 Å². The maximum Gasteiger partial charge on any atom is 0.325 e. The van der Waals surface area contributed by atoms with Crippen LogP contribution >= 0.6 is 11.3 Å². The van der Waals surface area contributed by atoms with Crippen molar-refractivity contribution in [3.8, 4) is 0 Å². The standard InChI is InChI=1S/C16H26N4O2S/c1-16(2,3)22-14(21)12-18-15(17-4)20-9-7-19(8-10-20)13-6-5-11-23-13/h5-6,11H,7-10,12H2,1-4H3,(H,17,18). The van der Waals surface area contributed by atoms with Gasteiger partial charge in [0.05, 0.1) is 5.00 Å². The molecular formula is C16H26N4O2S. The normalized spacial score (nSPS) is 16.4. The van der Waals surface area contributed by atoms with Crippen LogP contribution in [0.4, 0.5) is 5.00 Å². The first-order chi connectivity index (χ1) is 10.9. The number of hydrogen-bond acceptors (Lipinski definition) is 5. The number of piperazine rings is 1. The Morgan fingerprint density at radius 1 is 1.35 bits per heavy atom. The quantitative estimate of drug-likeness (QED) is 0.517. The highest BCUT2D eigenvalue weighted by atomic mass is 32.1. The number of aliphatic imine (C=N–C) groups is 1. The van der Waals surface area contributed by atoms with Crippen LogP contribution in [0, 0.1) is 0 Å². The molecular weight excluding hydrogens is 312 g/mol. The van der Waals surface area contributed by atoms with Crippen LogP contribution in [-0.4, -0.2) is 62.2 Å². The fourth-order valence-corrected chi connectivity index (χ4v) is 3.23. The second kappa shape index (κ2) is 7.68. The van der Waals surface area contributed by atoms with Gasteiger partial charge in [-0.15, -0.1) is 11.3 Å². The molecule has 1 saturated heterocycles. The lowest BCUT2D eigenvalue weighted by molar-refractivity contribution is -0.153. The Bertz CT molecular complexity index is 529. The van der Waals surface area contributed by atoms with E-state index in [1.165, 1.54) is 5.00 Å². The minimum Gasteiger partial charge on any atom is -0.459 e. The van der Waals surface area contributed by atoms with Crippen LogP contribution in [0.5, 0.6) is 0 Å². The van der Waals surface area contributed by atoms with Gasteiger partial charge < -0.3 is 19.9 Å². The summed E-state index contributed by atoms with van der Waals surface area (Å²) in [6, 6.07) is 4.23. The van der Waals surface area contributed by atoms with Crippen LogP contribution in [0.1, 0.15) is 20.8 Å². The Morgan fingerprint density at radius 3 is 2.57 bits per heavy atom. The van der Waals surface area contributed by atoms with E-state index in [1.807, 2.05) is 20.8 Å². The van der Waals surface area contributed by atoms with Gasteiger partial charge in [-0.2, -0.15) is 0 Å². The van der Waals surface area contributed by atoms with Crippen LogP contribution in [-0.2, 0) is 9.53 Å². The van der Waals surface area contributed by atoms with Crippen LogP contribution < -0.4 is 10.2 Å². The third kappa shape index (κ3) is 5.42. The van der Waals surface area contributed by atoms with Crippen molar-refractivity contribution in [3.63, 3.8) is 0 Å². The summed E-state index contributed by atoms with van der Waals surface area (Å²) in [5, 5.41) is 6.50. The van der Waals surface area contributed by atoms with Gasteiger partial charge >= 0.3 is 5.97 Å². The molecule has 0 amide bonds. The number of nitrogens with one attached hydrogen (secondary N) is 1. The maximum atomic E-state index is 11.8. The molecule has 0 atom stereocenters. The molecule has 0 bridgehead atoms. The topological polar surface area (TPSA) is 57.2 Å². The fraction of sp³-hybridized carbons (Fsp3) is 0.625. The highest BCUT2D eigenvalue weighted by Crippen LogP contribution is 2.22. The predicted octanol–water partition coefficient (Wildman–Crippen LogP) is 1.79. The predicted molar refractivity (Wildman–Crippen MR) is 95.3 cm³/mol. The van der Waals surface area contributed by atoms with Crippen molar-refractivity contribution in [2.45, 2.75) is 26.4 Å². The second-order valence-corrected chi connectivity index (χ2v) is 7.34. The molecule has 2 rings (SSSR count). The number of guanidine groups is 1. The number of carbonyl (C=O) groups excluding carboxylic acids is 1. The van der Waals surface area contributed by atoms with Crippen molar-refractivity contribution < 1.29 is 9.53 Å². The SMILES string of the molecule is CN=C(NCC(=O)OC(C)(C)C)N1CCN(c2cccs2)CC1. The van der Waals surface area contributed by atoms with E-state index < -0.39 is 5.60 Å². The monoisotopic (exact) mass is 338 g/mol. The van der Waals surface area contributed by atoms with Crippen molar-refractivity contribution >= 4 is 28.3 Å². The van der Waals surface area contributed by atoms with Gasteiger partial charge in [-0.1, -0.05) is 0 Å². The van der Waals surface area contributed by atoms with Gasteiger partial charge in [-0.25, -0.2) is 0 Å². The van der Waals surface area contributed by atoms with Gasteiger partial charge in [0, 0.05) is 33.2 Å². The van der Waals surface area contributed by atoms with Crippen LogP contribution in [0.15, 0.2) is 22.5 Å². The van der Waals surface area contributed by atoms with Crippen LogP contribution in [0.3, 0.4) is 0 Å². The Morgan fingerprint density at radius 2 is 2.04 bits per heavy atom. The molecule has 2 heterocycles. The van der Waals surface area contributed by atoms with Crippen LogP contribution in [0.25, 0.3) is 0 Å². The molecule has 1 aliphatic heterocycles. The first-order valence-electron chi connectivity index (χ1n) is 7.85. The van der Waals surface area contributed by atoms with Gasteiger partial charge in [-0.3, -0.25) is 9.79 Å². The number of anilines is 1. The molecule has 1 N–H and O–H groups in total. The number of thiophene rings is 1. The van der Waals surface area contributed by atoms with Gasteiger partial charge in [0.25, 0.3) is 0 Å². The molecule has 7 heteroatoms. The summed E-state index contributed by atoms with van der Waals surface area (Å²) in [5.41, 5.74) is -0.464. The minimum absolute atomic E-state index is 0.134. The van der Waals surface area contributed by atoms with E-state index in [4.69, 9.17) is 4.74 Å². The molecule has 1 aliphatic rings. The third-order valence-electron chi connectivity index (χ3n) is 3.42. The molecule has 1 aromatic heterocycles. The summed E-state index contributed by atoms with van der Waals surface area (Å²) in [5.74, 6) is 0.484.